The highest BCUT2D eigenvalue weighted by molar-refractivity contribution is 6.32. The Bertz CT molecular complexity index is 1120. The van der Waals surface area contributed by atoms with Gasteiger partial charge in [-0.2, -0.15) is 18.2 Å². The highest BCUT2D eigenvalue weighted by atomic mass is 35.5. The number of hydrogen-bond acceptors (Lipinski definition) is 5. The molecule has 1 saturated heterocycles. The molecule has 2 heterocycles. The Labute approximate surface area is 211 Å². The lowest BCUT2D eigenvalue weighted by atomic mass is 9.75. The first-order valence-corrected chi connectivity index (χ1v) is 12.7. The van der Waals surface area contributed by atoms with Crippen molar-refractivity contribution in [3.8, 4) is 5.75 Å². The Kier molecular flexibility index (Phi) is 6.37. The molecule has 0 spiro atoms. The fraction of sp³-hybridized carbons (Fsp3) is 0.600. The zero-order valence-electron chi connectivity index (χ0n) is 20.1. The zero-order valence-corrected chi connectivity index (χ0v) is 20.8. The van der Waals surface area contributed by atoms with Crippen molar-refractivity contribution < 1.29 is 31.5 Å². The lowest BCUT2D eigenvalue weighted by molar-refractivity contribution is -0.130. The minimum absolute atomic E-state index is 0.0217. The summed E-state index contributed by atoms with van der Waals surface area (Å²) < 4.78 is 65.5. The van der Waals surface area contributed by atoms with Gasteiger partial charge in [0.15, 0.2) is 17.3 Å². The summed E-state index contributed by atoms with van der Waals surface area (Å²) >= 11 is 6.23. The molecule has 2 aromatic rings. The first-order valence-electron chi connectivity index (χ1n) is 12.3. The van der Waals surface area contributed by atoms with Crippen molar-refractivity contribution in [2.75, 3.05) is 23.3 Å². The van der Waals surface area contributed by atoms with Gasteiger partial charge in [0.2, 0.25) is 0 Å². The molecule has 11 heteroatoms. The standard InChI is InChI=1S/C25H28ClF4N3O3/c1-3-24(4-2)11-33(12-24)23-32-20(19(36-23)10-25(28,29)30)22(34)31-15-8-17(26)21(18(27)9-15)35-16-6-13-5-14(13)7-16/h8-9,13-14,16H,3-7,10-12H2,1-2H3,(H,31,34)/t13-,14+,16?. The maximum Gasteiger partial charge on any atom is 0.396 e. The van der Waals surface area contributed by atoms with E-state index >= 15 is 0 Å². The van der Waals surface area contributed by atoms with E-state index in [9.17, 15) is 22.4 Å². The molecule has 3 aliphatic rings. The van der Waals surface area contributed by atoms with Crippen LogP contribution in [0, 0.1) is 23.1 Å². The van der Waals surface area contributed by atoms with E-state index in [0.29, 0.717) is 24.9 Å². The van der Waals surface area contributed by atoms with Crippen molar-refractivity contribution >= 4 is 29.2 Å². The van der Waals surface area contributed by atoms with Crippen LogP contribution in [0.5, 0.6) is 5.75 Å². The third kappa shape index (κ3) is 5.01. The molecule has 6 nitrogen and oxygen atoms in total. The van der Waals surface area contributed by atoms with E-state index in [0.717, 1.165) is 31.7 Å². The third-order valence-corrected chi connectivity index (χ3v) is 8.11. The first kappa shape index (κ1) is 25.2. The average molecular weight is 530 g/mol. The molecule has 1 amide bonds. The summed E-state index contributed by atoms with van der Waals surface area (Å²) in [5.74, 6) is -1.09. The van der Waals surface area contributed by atoms with Gasteiger partial charge in [0.05, 0.1) is 11.1 Å². The predicted octanol–water partition coefficient (Wildman–Crippen LogP) is 6.63. The van der Waals surface area contributed by atoms with Crippen molar-refractivity contribution in [2.45, 2.75) is 64.7 Å². The molecule has 0 radical (unpaired) electrons. The maximum absolute atomic E-state index is 14.8. The molecule has 1 N–H and O–H groups in total. The van der Waals surface area contributed by atoms with E-state index < -0.39 is 35.8 Å². The molecule has 196 valence electrons. The molecule has 1 aliphatic heterocycles. The van der Waals surface area contributed by atoms with Crippen LogP contribution in [-0.2, 0) is 6.42 Å². The van der Waals surface area contributed by atoms with Gasteiger partial charge in [0.1, 0.15) is 12.2 Å². The number of halogens is 5. The van der Waals surface area contributed by atoms with Crippen molar-refractivity contribution in [1.29, 1.82) is 0 Å². The second-order valence-electron chi connectivity index (χ2n) is 10.3. The van der Waals surface area contributed by atoms with Crippen LogP contribution in [0.15, 0.2) is 16.5 Å². The van der Waals surface area contributed by atoms with Crippen molar-refractivity contribution in [2.24, 2.45) is 17.3 Å². The second kappa shape index (κ2) is 9.11. The molecule has 36 heavy (non-hydrogen) atoms. The van der Waals surface area contributed by atoms with Crippen molar-refractivity contribution in [3.63, 3.8) is 0 Å². The Morgan fingerprint density at radius 1 is 1.22 bits per heavy atom. The number of oxazole rings is 1. The Hall–Kier alpha value is -2.49. The lowest BCUT2D eigenvalue weighted by Gasteiger charge is -2.49. The summed E-state index contributed by atoms with van der Waals surface area (Å²) in [6, 6.07) is 2.31. The van der Waals surface area contributed by atoms with Gasteiger partial charge in [0.25, 0.3) is 11.9 Å². The van der Waals surface area contributed by atoms with Crippen LogP contribution >= 0.6 is 11.6 Å². The molecule has 2 saturated carbocycles. The number of carbonyl (C=O) groups excluding carboxylic acids is 1. The summed E-state index contributed by atoms with van der Waals surface area (Å²) in [5, 5.41) is 2.37. The van der Waals surface area contributed by atoms with E-state index in [1.807, 2.05) is 0 Å². The van der Waals surface area contributed by atoms with Crippen LogP contribution in [0.3, 0.4) is 0 Å². The molecular weight excluding hydrogens is 502 g/mol. The van der Waals surface area contributed by atoms with Crippen LogP contribution in [0.25, 0.3) is 0 Å². The van der Waals surface area contributed by atoms with Gasteiger partial charge in [-0.3, -0.25) is 4.79 Å². The molecule has 0 bridgehead atoms. The van der Waals surface area contributed by atoms with E-state index in [1.54, 1.807) is 4.90 Å². The van der Waals surface area contributed by atoms with Crippen LogP contribution in [0.4, 0.5) is 29.3 Å². The Morgan fingerprint density at radius 2 is 1.89 bits per heavy atom. The number of benzene rings is 1. The topological polar surface area (TPSA) is 67.6 Å². The van der Waals surface area contributed by atoms with E-state index in [4.69, 9.17) is 20.8 Å². The first-order chi connectivity index (χ1) is 17.0. The number of aromatic nitrogens is 1. The molecule has 1 aromatic heterocycles. The Morgan fingerprint density at radius 3 is 2.47 bits per heavy atom. The number of fused-ring (bicyclic) bond motifs is 1. The van der Waals surface area contributed by atoms with Gasteiger partial charge in [-0.15, -0.1) is 0 Å². The number of alkyl halides is 3. The summed E-state index contributed by atoms with van der Waals surface area (Å²) in [6.07, 6.45) is -1.40. The molecule has 5 rings (SSSR count). The second-order valence-corrected chi connectivity index (χ2v) is 10.7. The summed E-state index contributed by atoms with van der Waals surface area (Å²) in [4.78, 5) is 18.7. The number of hydrogen-bond donors (Lipinski definition) is 1. The highest BCUT2D eigenvalue weighted by Gasteiger charge is 2.47. The smallest absolute Gasteiger partial charge is 0.396 e. The minimum Gasteiger partial charge on any atom is -0.486 e. The van der Waals surface area contributed by atoms with Crippen molar-refractivity contribution in [3.05, 3.63) is 34.4 Å². The molecule has 2 aliphatic carbocycles. The average Bonchev–Trinajstić information content (AvgIpc) is 3.17. The molecule has 1 unspecified atom stereocenters. The van der Waals surface area contributed by atoms with Gasteiger partial charge >= 0.3 is 6.18 Å². The summed E-state index contributed by atoms with van der Waals surface area (Å²) in [6.45, 7) is 5.28. The van der Waals surface area contributed by atoms with Crippen molar-refractivity contribution in [1.82, 2.24) is 4.98 Å². The molecule has 1 aromatic carbocycles. The largest absolute Gasteiger partial charge is 0.486 e. The zero-order chi connectivity index (χ0) is 25.8. The van der Waals surface area contributed by atoms with E-state index in [1.165, 1.54) is 12.5 Å². The number of amides is 1. The SMILES string of the molecule is CCC1(CC)CN(c2nc(C(=O)Nc3cc(F)c(OC4C[C@@H]5C[C@@H]5C4)c(Cl)c3)c(CC(F)(F)F)o2)C1. The fourth-order valence-electron chi connectivity index (χ4n) is 5.41. The molecule has 3 fully saturated rings. The quantitative estimate of drug-likeness (QED) is 0.389. The molecular formula is C25H28ClF4N3O3. The lowest BCUT2D eigenvalue weighted by Crippen LogP contribution is -2.56. The number of nitrogens with one attached hydrogen (secondary N) is 1. The van der Waals surface area contributed by atoms with E-state index in [2.05, 4.69) is 24.1 Å². The van der Waals surface area contributed by atoms with E-state index in [-0.39, 0.29) is 34.0 Å². The maximum atomic E-state index is 14.8. The number of carbonyl (C=O) groups is 1. The monoisotopic (exact) mass is 529 g/mol. The Balaban J connectivity index is 1.32. The van der Waals surface area contributed by atoms with Crippen LogP contribution < -0.4 is 15.0 Å². The van der Waals surface area contributed by atoms with Crippen LogP contribution in [0.1, 0.15) is 62.2 Å². The predicted molar refractivity (Wildman–Crippen MR) is 126 cm³/mol. The van der Waals surface area contributed by atoms with Gasteiger partial charge in [-0.05, 0) is 50.0 Å². The van der Waals surface area contributed by atoms with Crippen LogP contribution in [0.2, 0.25) is 5.02 Å². The highest BCUT2D eigenvalue weighted by Crippen LogP contribution is 2.53. The van der Waals surface area contributed by atoms with Gasteiger partial charge in [-0.1, -0.05) is 25.4 Å². The number of anilines is 2. The number of nitrogens with zero attached hydrogens (tertiary/aromatic N) is 2. The number of rotatable bonds is 8. The minimum atomic E-state index is -4.60. The van der Waals surface area contributed by atoms with Gasteiger partial charge in [0, 0.05) is 30.3 Å². The number of ether oxygens (including phenoxy) is 1. The fourth-order valence-corrected chi connectivity index (χ4v) is 5.66. The third-order valence-electron chi connectivity index (χ3n) is 7.83. The summed E-state index contributed by atoms with van der Waals surface area (Å²) in [7, 11) is 0. The van der Waals surface area contributed by atoms with Gasteiger partial charge in [-0.25, -0.2) is 4.39 Å². The molecule has 3 atom stereocenters. The normalized spacial score (nSPS) is 24.3. The summed E-state index contributed by atoms with van der Waals surface area (Å²) in [5.41, 5.74) is -0.459. The van der Waals surface area contributed by atoms with Gasteiger partial charge < -0.3 is 19.4 Å². The van der Waals surface area contributed by atoms with Crippen LogP contribution in [-0.4, -0.2) is 36.3 Å².